The molecule has 1 aliphatic heterocycles. The van der Waals surface area contributed by atoms with Crippen molar-refractivity contribution in [3.05, 3.63) is 33.3 Å². The number of rotatable bonds is 3. The van der Waals surface area contributed by atoms with Crippen molar-refractivity contribution in [2.24, 2.45) is 0 Å². The molecule has 3 aliphatic carbocycles. The van der Waals surface area contributed by atoms with Gasteiger partial charge in [-0.1, -0.05) is 0 Å². The molecule has 0 radical (unpaired) electrons. The summed E-state index contributed by atoms with van der Waals surface area (Å²) in [7, 11) is 0. The molecule has 0 aromatic carbocycles. The molecule has 7 heteroatoms. The molecule has 1 saturated heterocycles. The number of nitrogens with one attached hydrogen (secondary N) is 1. The first kappa shape index (κ1) is 14.9. The summed E-state index contributed by atoms with van der Waals surface area (Å²) in [6, 6.07) is 0. The van der Waals surface area contributed by atoms with Crippen molar-refractivity contribution < 1.29 is 4.52 Å². The van der Waals surface area contributed by atoms with Crippen LogP contribution in [0.25, 0.3) is 0 Å². The second kappa shape index (κ2) is 5.18. The van der Waals surface area contributed by atoms with E-state index in [-0.39, 0.29) is 11.0 Å². The minimum Gasteiger partial charge on any atom is -0.338 e. The third-order valence-corrected chi connectivity index (χ3v) is 6.71. The summed E-state index contributed by atoms with van der Waals surface area (Å²) < 4.78 is 5.42. The van der Waals surface area contributed by atoms with E-state index in [1.165, 1.54) is 12.8 Å². The molecular weight excluding hydrogens is 330 g/mol. The van der Waals surface area contributed by atoms with Gasteiger partial charge in [-0.3, -0.25) is 4.79 Å². The summed E-state index contributed by atoms with van der Waals surface area (Å²) in [4.78, 5) is 27.3. The summed E-state index contributed by atoms with van der Waals surface area (Å²) in [6.45, 7) is 1.80. The van der Waals surface area contributed by atoms with Gasteiger partial charge in [0.1, 0.15) is 5.82 Å². The lowest BCUT2D eigenvalue weighted by Gasteiger charge is -2.38. The van der Waals surface area contributed by atoms with Gasteiger partial charge in [0.05, 0.1) is 5.69 Å². The Balaban J connectivity index is 1.26. The molecule has 2 saturated carbocycles. The van der Waals surface area contributed by atoms with E-state index in [0.717, 1.165) is 80.5 Å². The van der Waals surface area contributed by atoms with Gasteiger partial charge in [-0.25, -0.2) is 4.98 Å². The largest absolute Gasteiger partial charge is 0.338 e. The first-order valence-electron chi connectivity index (χ1n) is 9.94. The lowest BCUT2D eigenvalue weighted by Crippen LogP contribution is -2.42. The fraction of sp³-hybridized carbons (Fsp3) is 0.684. The van der Waals surface area contributed by atoms with Crippen molar-refractivity contribution >= 4 is 5.95 Å². The van der Waals surface area contributed by atoms with Crippen LogP contribution in [0.4, 0.5) is 5.95 Å². The highest BCUT2D eigenvalue weighted by Crippen LogP contribution is 2.46. The Kier molecular flexibility index (Phi) is 2.97. The third-order valence-electron chi connectivity index (χ3n) is 6.71. The van der Waals surface area contributed by atoms with Crippen LogP contribution in [0.3, 0.4) is 0 Å². The maximum atomic E-state index is 12.5. The zero-order valence-corrected chi connectivity index (χ0v) is 14.8. The summed E-state index contributed by atoms with van der Waals surface area (Å²) in [6.07, 6.45) is 8.57. The molecule has 0 bridgehead atoms. The van der Waals surface area contributed by atoms with Gasteiger partial charge in [0.2, 0.25) is 5.89 Å². The maximum absolute atomic E-state index is 12.5. The van der Waals surface area contributed by atoms with E-state index in [2.05, 4.69) is 20.0 Å². The van der Waals surface area contributed by atoms with E-state index in [9.17, 15) is 4.79 Å². The Bertz CT molecular complexity index is 916. The molecule has 26 heavy (non-hydrogen) atoms. The van der Waals surface area contributed by atoms with E-state index < -0.39 is 0 Å². The molecule has 3 heterocycles. The van der Waals surface area contributed by atoms with Gasteiger partial charge >= 0.3 is 0 Å². The Morgan fingerprint density at radius 2 is 1.81 bits per heavy atom. The summed E-state index contributed by atoms with van der Waals surface area (Å²) in [5.41, 5.74) is 2.18. The summed E-state index contributed by atoms with van der Waals surface area (Å²) >= 11 is 0. The molecule has 0 atom stereocenters. The fourth-order valence-corrected chi connectivity index (χ4v) is 4.69. The van der Waals surface area contributed by atoms with Crippen LogP contribution in [0.2, 0.25) is 0 Å². The number of anilines is 1. The highest BCUT2D eigenvalue weighted by atomic mass is 16.5. The van der Waals surface area contributed by atoms with Gasteiger partial charge in [0.15, 0.2) is 0 Å². The van der Waals surface area contributed by atoms with Crippen molar-refractivity contribution in [3.8, 4) is 0 Å². The molecule has 6 rings (SSSR count). The molecule has 0 unspecified atom stereocenters. The van der Waals surface area contributed by atoms with Crippen LogP contribution in [0.15, 0.2) is 9.32 Å². The van der Waals surface area contributed by atoms with Crippen molar-refractivity contribution in [3.63, 3.8) is 0 Å². The number of fused-ring (bicyclic) bond motifs is 2. The minimum absolute atomic E-state index is 0.0623. The van der Waals surface area contributed by atoms with E-state index in [0.29, 0.717) is 11.8 Å². The number of hydrogen-bond donors (Lipinski definition) is 1. The highest BCUT2D eigenvalue weighted by molar-refractivity contribution is 5.38. The Morgan fingerprint density at radius 3 is 2.54 bits per heavy atom. The maximum Gasteiger partial charge on any atom is 0.266 e. The van der Waals surface area contributed by atoms with Crippen LogP contribution < -0.4 is 10.5 Å². The molecular formula is C19H23N5O2. The van der Waals surface area contributed by atoms with Crippen LogP contribution >= 0.6 is 0 Å². The lowest BCUT2D eigenvalue weighted by molar-refractivity contribution is 0.317. The molecule has 2 aromatic rings. The van der Waals surface area contributed by atoms with Crippen LogP contribution in [0.5, 0.6) is 0 Å². The number of piperidine rings is 1. The monoisotopic (exact) mass is 353 g/mol. The van der Waals surface area contributed by atoms with Crippen LogP contribution in [0, 0.1) is 0 Å². The number of aromatic amines is 1. The van der Waals surface area contributed by atoms with Crippen molar-refractivity contribution in [2.45, 2.75) is 68.6 Å². The normalized spacial score (nSPS) is 24.2. The average molecular weight is 353 g/mol. The second-order valence-corrected chi connectivity index (χ2v) is 8.53. The van der Waals surface area contributed by atoms with Crippen LogP contribution in [-0.4, -0.2) is 33.2 Å². The smallest absolute Gasteiger partial charge is 0.266 e. The van der Waals surface area contributed by atoms with E-state index in [1.807, 2.05) is 0 Å². The molecule has 136 valence electrons. The Morgan fingerprint density at radius 1 is 1.04 bits per heavy atom. The minimum atomic E-state index is 0.0623. The van der Waals surface area contributed by atoms with Crippen molar-refractivity contribution in [2.75, 3.05) is 18.0 Å². The standard InChI is InChI=1S/C19H23N5O2/c25-16-13-5-6-19(14(13)20-15(21-16)11-1-2-11)7-9-24(10-8-19)18-22-17(26-23-18)12-3-4-12/h11-12H,1-10H2,(H,20,21,25). The molecule has 2 aromatic heterocycles. The number of H-pyrrole nitrogens is 1. The van der Waals surface area contributed by atoms with Gasteiger partial charge in [-0.05, 0) is 56.5 Å². The molecule has 4 aliphatic rings. The fourth-order valence-electron chi connectivity index (χ4n) is 4.69. The Hall–Kier alpha value is -2.18. The van der Waals surface area contributed by atoms with E-state index in [4.69, 9.17) is 9.51 Å². The molecule has 3 fully saturated rings. The van der Waals surface area contributed by atoms with Gasteiger partial charge in [0.25, 0.3) is 11.5 Å². The van der Waals surface area contributed by atoms with Crippen molar-refractivity contribution in [1.82, 2.24) is 20.1 Å². The predicted molar refractivity (Wildman–Crippen MR) is 94.6 cm³/mol. The third kappa shape index (κ3) is 2.25. The van der Waals surface area contributed by atoms with Crippen molar-refractivity contribution in [1.29, 1.82) is 0 Å². The predicted octanol–water partition coefficient (Wildman–Crippen LogP) is 2.39. The van der Waals surface area contributed by atoms with E-state index >= 15 is 0 Å². The number of nitrogens with zero attached hydrogens (tertiary/aromatic N) is 4. The zero-order chi connectivity index (χ0) is 17.3. The van der Waals surface area contributed by atoms with Crippen LogP contribution in [-0.2, 0) is 11.8 Å². The first-order chi connectivity index (χ1) is 12.7. The second-order valence-electron chi connectivity index (χ2n) is 8.53. The summed E-state index contributed by atoms with van der Waals surface area (Å²) in [5, 5.41) is 4.19. The van der Waals surface area contributed by atoms with Gasteiger partial charge in [-0.2, -0.15) is 4.98 Å². The molecule has 0 amide bonds. The average Bonchev–Trinajstić information content (AvgIpc) is 3.59. The number of hydrogen-bond acceptors (Lipinski definition) is 6. The number of aromatic nitrogens is 4. The molecule has 1 spiro atoms. The van der Waals surface area contributed by atoms with Gasteiger partial charge < -0.3 is 14.4 Å². The van der Waals surface area contributed by atoms with E-state index in [1.54, 1.807) is 0 Å². The van der Waals surface area contributed by atoms with Gasteiger partial charge in [-0.15, -0.1) is 0 Å². The highest BCUT2D eigenvalue weighted by Gasteiger charge is 2.45. The lowest BCUT2D eigenvalue weighted by atomic mass is 9.76. The first-order valence-corrected chi connectivity index (χ1v) is 9.94. The zero-order valence-electron chi connectivity index (χ0n) is 14.8. The molecule has 1 N–H and O–H groups in total. The quantitative estimate of drug-likeness (QED) is 0.911. The topological polar surface area (TPSA) is 87.9 Å². The van der Waals surface area contributed by atoms with Crippen LogP contribution in [0.1, 0.15) is 79.8 Å². The SMILES string of the molecule is O=c1[nH]c(C2CC2)nc2c1CCC21CCN(c2noc(C3CC3)n2)CC1. The Labute approximate surface area is 151 Å². The molecule has 7 nitrogen and oxygen atoms in total. The van der Waals surface area contributed by atoms with Gasteiger partial charge in [0, 0.05) is 35.9 Å². The summed E-state index contributed by atoms with van der Waals surface area (Å²) in [5.74, 6) is 3.42.